The summed E-state index contributed by atoms with van der Waals surface area (Å²) in [5.41, 5.74) is 0.840. The van der Waals surface area contributed by atoms with E-state index >= 15 is 0 Å². The monoisotopic (exact) mass is 472 g/mol. The molecule has 1 N–H and O–H groups in total. The summed E-state index contributed by atoms with van der Waals surface area (Å²) in [4.78, 5) is 42.8. The molecule has 154 valence electrons. The first-order valence-corrected chi connectivity index (χ1v) is 9.50. The third-order valence-corrected chi connectivity index (χ3v) is 4.61. The summed E-state index contributed by atoms with van der Waals surface area (Å²) in [5.74, 6) is -0.413. The highest BCUT2D eigenvalue weighted by Crippen LogP contribution is 2.24. The van der Waals surface area contributed by atoms with Crippen LogP contribution in [0, 0.1) is 0 Å². The first kappa shape index (κ1) is 21.3. The molecule has 0 bridgehead atoms. The van der Waals surface area contributed by atoms with Crippen molar-refractivity contribution in [2.75, 3.05) is 14.2 Å². The molecule has 1 heterocycles. The van der Waals surface area contributed by atoms with E-state index in [1.54, 1.807) is 18.2 Å². The lowest BCUT2D eigenvalue weighted by Crippen LogP contribution is -2.14. The van der Waals surface area contributed by atoms with Crippen molar-refractivity contribution in [3.05, 3.63) is 74.3 Å². The van der Waals surface area contributed by atoms with Crippen LogP contribution in [0.1, 0.15) is 21.7 Å². The number of methoxy groups -OCH3 is 2. The smallest absolute Gasteiger partial charge is 0.337 e. The van der Waals surface area contributed by atoms with Crippen LogP contribution in [0.15, 0.2) is 51.7 Å². The summed E-state index contributed by atoms with van der Waals surface area (Å²) in [6.07, 6.45) is 2.81. The van der Waals surface area contributed by atoms with Crippen LogP contribution in [0.3, 0.4) is 0 Å². The molecule has 0 unspecified atom stereocenters. The Bertz CT molecular complexity index is 1200. The maximum atomic E-state index is 12.2. The summed E-state index contributed by atoms with van der Waals surface area (Å²) in [6, 6.07) is 9.79. The number of carbonyl (C=O) groups excluding carboxylic acids is 2. The van der Waals surface area contributed by atoms with Gasteiger partial charge in [0.2, 0.25) is 0 Å². The van der Waals surface area contributed by atoms with Crippen molar-refractivity contribution < 1.29 is 23.8 Å². The number of nitrogens with zero attached hydrogens (tertiary/aromatic N) is 1. The highest BCUT2D eigenvalue weighted by atomic mass is 79.9. The number of nitrogens with one attached hydrogen (secondary N) is 1. The largest absolute Gasteiger partial charge is 0.496 e. The molecule has 0 atom stereocenters. The van der Waals surface area contributed by atoms with E-state index in [1.165, 1.54) is 38.5 Å². The molecule has 0 aliphatic rings. The average Bonchev–Trinajstić information content (AvgIpc) is 2.75. The van der Waals surface area contributed by atoms with Crippen molar-refractivity contribution >= 4 is 44.8 Å². The van der Waals surface area contributed by atoms with Gasteiger partial charge >= 0.3 is 11.9 Å². The van der Waals surface area contributed by atoms with Crippen LogP contribution >= 0.6 is 15.9 Å². The molecule has 0 aliphatic carbocycles. The number of H-pyrrole nitrogens is 1. The fourth-order valence-electron chi connectivity index (χ4n) is 2.68. The first-order valence-electron chi connectivity index (χ1n) is 8.71. The molecule has 30 heavy (non-hydrogen) atoms. The fourth-order valence-corrected chi connectivity index (χ4v) is 3.06. The number of benzene rings is 2. The SMILES string of the molecule is COC(=O)c1ccc2c(=O)[nH]c(COC(=O)/C=C/c3cc(Br)ccc3OC)nc2c1. The summed E-state index contributed by atoms with van der Waals surface area (Å²) >= 11 is 3.36. The molecular formula is C21H17BrN2O6. The minimum Gasteiger partial charge on any atom is -0.496 e. The lowest BCUT2D eigenvalue weighted by molar-refractivity contribution is -0.139. The van der Waals surface area contributed by atoms with Gasteiger partial charge in [-0.05, 0) is 42.5 Å². The van der Waals surface area contributed by atoms with Gasteiger partial charge in [0.25, 0.3) is 5.56 Å². The second-order valence-electron chi connectivity index (χ2n) is 6.06. The molecule has 2 aromatic carbocycles. The fraction of sp³-hybridized carbons (Fsp3) is 0.143. The van der Waals surface area contributed by atoms with Crippen LogP contribution in [-0.4, -0.2) is 36.1 Å². The minimum absolute atomic E-state index is 0.149. The second kappa shape index (κ2) is 9.36. The zero-order valence-corrected chi connectivity index (χ0v) is 17.7. The third kappa shape index (κ3) is 4.93. The van der Waals surface area contributed by atoms with Crippen molar-refractivity contribution in [2.45, 2.75) is 6.61 Å². The predicted octanol–water partition coefficient (Wildman–Crippen LogP) is 3.24. The molecule has 3 rings (SSSR count). The normalized spacial score (nSPS) is 10.9. The second-order valence-corrected chi connectivity index (χ2v) is 6.98. The van der Waals surface area contributed by atoms with Crippen LogP contribution < -0.4 is 10.3 Å². The summed E-state index contributed by atoms with van der Waals surface area (Å²) in [6.45, 7) is -0.244. The number of halogens is 1. The number of esters is 2. The van der Waals surface area contributed by atoms with E-state index in [-0.39, 0.29) is 18.0 Å². The van der Waals surface area contributed by atoms with Gasteiger partial charge in [-0.1, -0.05) is 15.9 Å². The molecule has 1 aromatic heterocycles. The topological polar surface area (TPSA) is 108 Å². The number of hydrogen-bond donors (Lipinski definition) is 1. The molecule has 0 amide bonds. The molecule has 0 saturated heterocycles. The summed E-state index contributed by atoms with van der Waals surface area (Å²) < 4.78 is 15.9. The average molecular weight is 473 g/mol. The van der Waals surface area contributed by atoms with Gasteiger partial charge in [-0.15, -0.1) is 0 Å². The van der Waals surface area contributed by atoms with Crippen molar-refractivity contribution in [1.29, 1.82) is 0 Å². The Morgan fingerprint density at radius 1 is 1.17 bits per heavy atom. The number of carbonyl (C=O) groups is 2. The van der Waals surface area contributed by atoms with E-state index in [9.17, 15) is 14.4 Å². The van der Waals surface area contributed by atoms with Gasteiger partial charge in [-0.25, -0.2) is 14.6 Å². The third-order valence-electron chi connectivity index (χ3n) is 4.12. The highest BCUT2D eigenvalue weighted by molar-refractivity contribution is 9.10. The Morgan fingerprint density at radius 3 is 2.70 bits per heavy atom. The van der Waals surface area contributed by atoms with Crippen LogP contribution in [0.5, 0.6) is 5.75 Å². The molecule has 8 nitrogen and oxygen atoms in total. The molecule has 3 aromatic rings. The van der Waals surface area contributed by atoms with E-state index in [2.05, 4.69) is 30.6 Å². The summed E-state index contributed by atoms with van der Waals surface area (Å²) in [7, 11) is 2.80. The Kier molecular flexibility index (Phi) is 6.63. The van der Waals surface area contributed by atoms with Crippen LogP contribution in [0.2, 0.25) is 0 Å². The Labute approximate surface area is 179 Å². The van der Waals surface area contributed by atoms with Crippen molar-refractivity contribution in [1.82, 2.24) is 9.97 Å². The van der Waals surface area contributed by atoms with E-state index in [4.69, 9.17) is 9.47 Å². The quantitative estimate of drug-likeness (QED) is 0.433. The predicted molar refractivity (Wildman–Crippen MR) is 113 cm³/mol. The van der Waals surface area contributed by atoms with Gasteiger partial charge in [0.1, 0.15) is 18.2 Å². The van der Waals surface area contributed by atoms with Crippen LogP contribution in [0.25, 0.3) is 17.0 Å². The van der Waals surface area contributed by atoms with Gasteiger partial charge in [-0.2, -0.15) is 0 Å². The number of aromatic nitrogens is 2. The van der Waals surface area contributed by atoms with Gasteiger partial charge in [0.05, 0.1) is 30.7 Å². The van der Waals surface area contributed by atoms with E-state index in [0.717, 1.165) is 4.47 Å². The van der Waals surface area contributed by atoms with Crippen molar-refractivity contribution in [2.24, 2.45) is 0 Å². The Balaban J connectivity index is 1.75. The molecule has 0 radical (unpaired) electrons. The molecule has 0 saturated carbocycles. The van der Waals surface area contributed by atoms with E-state index in [0.29, 0.717) is 22.2 Å². The Hall–Kier alpha value is -3.46. The zero-order valence-electron chi connectivity index (χ0n) is 16.1. The van der Waals surface area contributed by atoms with Gasteiger partial charge in [-0.3, -0.25) is 4.79 Å². The molecule has 0 aliphatic heterocycles. The molecule has 0 spiro atoms. The van der Waals surface area contributed by atoms with E-state index in [1.807, 2.05) is 6.07 Å². The number of rotatable bonds is 6. The maximum Gasteiger partial charge on any atom is 0.337 e. The summed E-state index contributed by atoms with van der Waals surface area (Å²) in [5, 5.41) is 0.305. The van der Waals surface area contributed by atoms with Crippen LogP contribution in [-0.2, 0) is 20.9 Å². The van der Waals surface area contributed by atoms with Crippen LogP contribution in [0.4, 0.5) is 0 Å². The van der Waals surface area contributed by atoms with E-state index < -0.39 is 17.5 Å². The number of ether oxygens (including phenoxy) is 3. The van der Waals surface area contributed by atoms with Gasteiger partial charge in [0, 0.05) is 16.1 Å². The lowest BCUT2D eigenvalue weighted by atomic mass is 10.1. The van der Waals surface area contributed by atoms with Gasteiger partial charge in [0.15, 0.2) is 0 Å². The molecule has 9 heteroatoms. The van der Waals surface area contributed by atoms with Crippen molar-refractivity contribution in [3.8, 4) is 5.75 Å². The number of aromatic amines is 1. The first-order chi connectivity index (χ1) is 14.4. The lowest BCUT2D eigenvalue weighted by Gasteiger charge is -2.06. The number of hydrogen-bond acceptors (Lipinski definition) is 7. The maximum absolute atomic E-state index is 12.2. The zero-order chi connectivity index (χ0) is 21.7. The Morgan fingerprint density at radius 2 is 1.97 bits per heavy atom. The minimum atomic E-state index is -0.622. The molecular weight excluding hydrogens is 456 g/mol. The standard InChI is InChI=1S/C21H17BrN2O6/c1-28-17-7-5-14(22)9-12(17)4-8-19(25)30-11-18-23-16-10-13(21(27)29-2)3-6-15(16)20(26)24-18/h3-10H,11H2,1-2H3,(H,23,24,26)/b8-4+. The number of fused-ring (bicyclic) bond motifs is 1. The van der Waals surface area contributed by atoms with Crippen molar-refractivity contribution in [3.63, 3.8) is 0 Å². The molecule has 0 fully saturated rings. The van der Waals surface area contributed by atoms with Gasteiger partial charge < -0.3 is 19.2 Å². The highest BCUT2D eigenvalue weighted by Gasteiger charge is 2.11.